The van der Waals surface area contributed by atoms with E-state index in [0.29, 0.717) is 12.2 Å². The average molecular weight is 276 g/mol. The van der Waals surface area contributed by atoms with Crippen LogP contribution in [0.4, 0.5) is 8.78 Å². The highest BCUT2D eigenvalue weighted by Crippen LogP contribution is 2.30. The third kappa shape index (κ3) is 2.37. The maximum absolute atomic E-state index is 13.3. The van der Waals surface area contributed by atoms with Crippen molar-refractivity contribution in [1.82, 2.24) is 5.43 Å². The number of hydrazine groups is 1. The molecule has 1 unspecified atom stereocenters. The second-order valence-electron chi connectivity index (χ2n) is 4.77. The molecule has 0 saturated heterocycles. The Morgan fingerprint density at radius 3 is 2.50 bits per heavy atom. The molecule has 0 saturated carbocycles. The van der Waals surface area contributed by atoms with Crippen LogP contribution in [0.25, 0.3) is 0 Å². The number of nitrogens with two attached hydrogens (primary N) is 1. The van der Waals surface area contributed by atoms with Crippen LogP contribution in [0.2, 0.25) is 0 Å². The fourth-order valence-corrected chi connectivity index (χ4v) is 2.51. The average Bonchev–Trinajstić information content (AvgIpc) is 2.86. The summed E-state index contributed by atoms with van der Waals surface area (Å²) in [6.45, 7) is 0.661. The normalized spacial score (nSPS) is 14.8. The number of benzene rings is 2. The number of ether oxygens (including phenoxy) is 1. The molecule has 104 valence electrons. The molecule has 0 radical (unpaired) electrons. The summed E-state index contributed by atoms with van der Waals surface area (Å²) >= 11 is 0. The molecule has 0 spiro atoms. The first kappa shape index (κ1) is 13.0. The van der Waals surface area contributed by atoms with Crippen LogP contribution in [0, 0.1) is 11.6 Å². The Balaban J connectivity index is 2.01. The fourth-order valence-electron chi connectivity index (χ4n) is 2.51. The van der Waals surface area contributed by atoms with E-state index in [1.54, 1.807) is 0 Å². The maximum Gasteiger partial charge on any atom is 0.126 e. The van der Waals surface area contributed by atoms with Gasteiger partial charge >= 0.3 is 0 Å². The summed E-state index contributed by atoms with van der Waals surface area (Å²) in [5.74, 6) is 5.17. The number of halogens is 2. The minimum absolute atomic E-state index is 0.448. The fraction of sp³-hybridized carbons (Fsp3) is 0.200. The molecular weight excluding hydrogens is 262 g/mol. The number of hydrogen-bond donors (Lipinski definition) is 2. The lowest BCUT2D eigenvalue weighted by Gasteiger charge is -2.18. The van der Waals surface area contributed by atoms with E-state index in [1.807, 2.05) is 18.2 Å². The lowest BCUT2D eigenvalue weighted by atomic mass is 9.97. The van der Waals surface area contributed by atoms with Gasteiger partial charge in [0.25, 0.3) is 0 Å². The zero-order valence-electron chi connectivity index (χ0n) is 10.7. The Kier molecular flexibility index (Phi) is 3.38. The summed E-state index contributed by atoms with van der Waals surface area (Å²) in [7, 11) is 0. The molecular formula is C15H14F2N2O. The van der Waals surface area contributed by atoms with Crippen molar-refractivity contribution in [1.29, 1.82) is 0 Å². The van der Waals surface area contributed by atoms with Gasteiger partial charge in [0, 0.05) is 12.5 Å². The predicted molar refractivity (Wildman–Crippen MR) is 71.2 cm³/mol. The minimum Gasteiger partial charge on any atom is -0.493 e. The van der Waals surface area contributed by atoms with E-state index in [4.69, 9.17) is 10.6 Å². The molecule has 1 aliphatic rings. The molecule has 3 nitrogen and oxygen atoms in total. The van der Waals surface area contributed by atoms with Crippen LogP contribution in [-0.2, 0) is 6.42 Å². The molecule has 3 rings (SSSR count). The van der Waals surface area contributed by atoms with E-state index in [2.05, 4.69) is 5.43 Å². The number of nitrogens with one attached hydrogen (secondary N) is 1. The van der Waals surface area contributed by atoms with Gasteiger partial charge in [0.15, 0.2) is 0 Å². The molecule has 5 heteroatoms. The van der Waals surface area contributed by atoms with Gasteiger partial charge in [0.1, 0.15) is 17.4 Å². The number of rotatable bonds is 3. The largest absolute Gasteiger partial charge is 0.493 e. The maximum atomic E-state index is 13.3. The van der Waals surface area contributed by atoms with Gasteiger partial charge in [-0.05, 0) is 34.9 Å². The Labute approximate surface area is 115 Å². The van der Waals surface area contributed by atoms with Crippen LogP contribution < -0.4 is 16.0 Å². The molecule has 2 aromatic carbocycles. The molecule has 1 atom stereocenters. The molecule has 1 heterocycles. The van der Waals surface area contributed by atoms with Crippen molar-refractivity contribution < 1.29 is 13.5 Å². The van der Waals surface area contributed by atoms with Crippen molar-refractivity contribution in [3.05, 3.63) is 64.7 Å². The molecule has 3 N–H and O–H groups in total. The number of hydrogen-bond acceptors (Lipinski definition) is 3. The van der Waals surface area contributed by atoms with Gasteiger partial charge < -0.3 is 4.74 Å². The van der Waals surface area contributed by atoms with Gasteiger partial charge in [-0.25, -0.2) is 14.2 Å². The first-order chi connectivity index (χ1) is 9.67. The van der Waals surface area contributed by atoms with Crippen LogP contribution in [0.1, 0.15) is 22.7 Å². The van der Waals surface area contributed by atoms with Gasteiger partial charge in [-0.3, -0.25) is 5.84 Å². The Morgan fingerprint density at radius 1 is 1.05 bits per heavy atom. The summed E-state index contributed by atoms with van der Waals surface area (Å²) in [4.78, 5) is 0. The molecule has 1 aliphatic heterocycles. The quantitative estimate of drug-likeness (QED) is 0.668. The van der Waals surface area contributed by atoms with Crippen LogP contribution in [-0.4, -0.2) is 6.61 Å². The topological polar surface area (TPSA) is 47.3 Å². The predicted octanol–water partition coefficient (Wildman–Crippen LogP) is 2.45. The van der Waals surface area contributed by atoms with Crippen molar-refractivity contribution in [2.24, 2.45) is 5.84 Å². The lowest BCUT2D eigenvalue weighted by Crippen LogP contribution is -2.29. The van der Waals surface area contributed by atoms with Crippen molar-refractivity contribution in [3.8, 4) is 5.75 Å². The zero-order chi connectivity index (χ0) is 14.1. The van der Waals surface area contributed by atoms with Gasteiger partial charge in [0.2, 0.25) is 0 Å². The SMILES string of the molecule is NNC(c1cc(F)cc(F)c1)c1ccc2c(c1)CCO2. The molecule has 2 aromatic rings. The van der Waals surface area contributed by atoms with Gasteiger partial charge in [-0.2, -0.15) is 0 Å². The van der Waals surface area contributed by atoms with Crippen molar-refractivity contribution in [2.75, 3.05) is 6.61 Å². The molecule has 0 bridgehead atoms. The van der Waals surface area contributed by atoms with E-state index in [9.17, 15) is 8.78 Å². The summed E-state index contributed by atoms with van der Waals surface area (Å²) in [5, 5.41) is 0. The first-order valence-corrected chi connectivity index (χ1v) is 6.35. The van der Waals surface area contributed by atoms with E-state index in [-0.39, 0.29) is 0 Å². The molecule has 0 amide bonds. The third-order valence-corrected chi connectivity index (χ3v) is 3.43. The summed E-state index contributed by atoms with van der Waals surface area (Å²) in [5.41, 5.74) is 4.99. The van der Waals surface area contributed by atoms with E-state index in [0.717, 1.165) is 29.4 Å². The second-order valence-corrected chi connectivity index (χ2v) is 4.77. The Hall–Kier alpha value is -1.98. The Morgan fingerprint density at radius 2 is 1.80 bits per heavy atom. The molecule has 20 heavy (non-hydrogen) atoms. The lowest BCUT2D eigenvalue weighted by molar-refractivity contribution is 0.357. The highest BCUT2D eigenvalue weighted by molar-refractivity contribution is 5.43. The van der Waals surface area contributed by atoms with E-state index < -0.39 is 17.7 Å². The van der Waals surface area contributed by atoms with Crippen LogP contribution in [0.5, 0.6) is 5.75 Å². The minimum atomic E-state index is -0.621. The standard InChI is InChI=1S/C15H14F2N2O/c16-12-6-11(7-13(17)8-12)15(19-18)10-1-2-14-9(5-10)3-4-20-14/h1-2,5-8,15,19H,3-4,18H2. The zero-order valence-corrected chi connectivity index (χ0v) is 10.7. The van der Waals surface area contributed by atoms with Crippen molar-refractivity contribution >= 4 is 0 Å². The highest BCUT2D eigenvalue weighted by Gasteiger charge is 2.18. The highest BCUT2D eigenvalue weighted by atomic mass is 19.1. The Bertz CT molecular complexity index is 626. The molecule has 0 aliphatic carbocycles. The van der Waals surface area contributed by atoms with E-state index >= 15 is 0 Å². The summed E-state index contributed by atoms with van der Waals surface area (Å²) < 4.78 is 32.1. The van der Waals surface area contributed by atoms with Gasteiger partial charge in [-0.1, -0.05) is 12.1 Å². The summed E-state index contributed by atoms with van der Waals surface area (Å²) in [6, 6.07) is 8.58. The number of fused-ring (bicyclic) bond motifs is 1. The van der Waals surface area contributed by atoms with Gasteiger partial charge in [-0.15, -0.1) is 0 Å². The first-order valence-electron chi connectivity index (χ1n) is 6.35. The van der Waals surface area contributed by atoms with Crippen molar-refractivity contribution in [3.63, 3.8) is 0 Å². The van der Waals surface area contributed by atoms with Gasteiger partial charge in [0.05, 0.1) is 12.6 Å². The van der Waals surface area contributed by atoms with Crippen LogP contribution >= 0.6 is 0 Å². The summed E-state index contributed by atoms with van der Waals surface area (Å²) in [6.07, 6.45) is 0.831. The second kappa shape index (κ2) is 5.19. The third-order valence-electron chi connectivity index (χ3n) is 3.43. The monoisotopic (exact) mass is 276 g/mol. The smallest absolute Gasteiger partial charge is 0.126 e. The molecule has 0 fully saturated rings. The molecule has 0 aromatic heterocycles. The van der Waals surface area contributed by atoms with E-state index in [1.165, 1.54) is 12.1 Å². The van der Waals surface area contributed by atoms with Crippen LogP contribution in [0.3, 0.4) is 0 Å². The van der Waals surface area contributed by atoms with Crippen LogP contribution in [0.15, 0.2) is 36.4 Å². The van der Waals surface area contributed by atoms with Crippen molar-refractivity contribution in [2.45, 2.75) is 12.5 Å².